The Labute approximate surface area is 133 Å². The van der Waals surface area contributed by atoms with Gasteiger partial charge >= 0.3 is 0 Å². The molecule has 1 heterocycles. The quantitative estimate of drug-likeness (QED) is 0.845. The molecule has 1 aromatic carbocycles. The Morgan fingerprint density at radius 3 is 2.76 bits per heavy atom. The summed E-state index contributed by atoms with van der Waals surface area (Å²) in [5.41, 5.74) is 0.0872. The van der Waals surface area contributed by atoms with Crippen molar-refractivity contribution in [3.05, 3.63) is 28.8 Å². The van der Waals surface area contributed by atoms with Crippen molar-refractivity contribution < 1.29 is 17.9 Å². The van der Waals surface area contributed by atoms with Crippen LogP contribution in [0.1, 0.15) is 23.7 Å². The summed E-state index contributed by atoms with van der Waals surface area (Å²) in [7, 11) is 1.37. The molecule has 2 rings (SSSR count). The van der Waals surface area contributed by atoms with Gasteiger partial charge in [-0.1, -0.05) is 11.6 Å². The van der Waals surface area contributed by atoms with Gasteiger partial charge in [-0.05, 0) is 31.5 Å². The second-order valence-electron chi connectivity index (χ2n) is 4.97. The standard InChI is InChI=1S/C13H15Cl2NO4S/c1-8(9-4-5-20-7-9)16-13(17)11-6-10(21(15,18)19)2-3-12(11)14/h2-3,6,8-9H,4-5,7H2,1H3,(H,16,17). The maximum absolute atomic E-state index is 12.2. The minimum Gasteiger partial charge on any atom is -0.381 e. The first-order valence-electron chi connectivity index (χ1n) is 6.42. The van der Waals surface area contributed by atoms with Crippen molar-refractivity contribution in [1.29, 1.82) is 0 Å². The molecule has 116 valence electrons. The molecule has 8 heteroatoms. The molecule has 2 atom stereocenters. The highest BCUT2D eigenvalue weighted by atomic mass is 35.7. The number of hydrogen-bond donors (Lipinski definition) is 1. The molecule has 1 N–H and O–H groups in total. The van der Waals surface area contributed by atoms with Crippen LogP contribution in [-0.4, -0.2) is 33.6 Å². The molecule has 0 bridgehead atoms. The van der Waals surface area contributed by atoms with Crippen molar-refractivity contribution in [1.82, 2.24) is 5.32 Å². The van der Waals surface area contributed by atoms with E-state index in [1.165, 1.54) is 18.2 Å². The Balaban J connectivity index is 2.18. The van der Waals surface area contributed by atoms with Crippen molar-refractivity contribution in [2.45, 2.75) is 24.3 Å². The molecule has 1 aromatic rings. The first-order chi connectivity index (χ1) is 9.79. The first-order valence-corrected chi connectivity index (χ1v) is 9.10. The smallest absolute Gasteiger partial charge is 0.261 e. The predicted octanol–water partition coefficient (Wildman–Crippen LogP) is 2.42. The molecule has 0 radical (unpaired) electrons. The van der Waals surface area contributed by atoms with E-state index in [2.05, 4.69) is 5.32 Å². The van der Waals surface area contributed by atoms with Crippen molar-refractivity contribution in [2.75, 3.05) is 13.2 Å². The van der Waals surface area contributed by atoms with Crippen LogP contribution in [0.3, 0.4) is 0 Å². The van der Waals surface area contributed by atoms with Crippen LogP contribution in [0.25, 0.3) is 0 Å². The Hall–Kier alpha value is -0.820. The lowest BCUT2D eigenvalue weighted by atomic mass is 10.0. The van der Waals surface area contributed by atoms with Crippen LogP contribution in [0.4, 0.5) is 0 Å². The highest BCUT2D eigenvalue weighted by Gasteiger charge is 2.25. The van der Waals surface area contributed by atoms with E-state index in [-0.39, 0.29) is 27.4 Å². The summed E-state index contributed by atoms with van der Waals surface area (Å²) in [6.45, 7) is 3.17. The minimum absolute atomic E-state index is 0.0872. The van der Waals surface area contributed by atoms with Crippen molar-refractivity contribution in [3.63, 3.8) is 0 Å². The molecule has 2 unspecified atom stereocenters. The lowest BCUT2D eigenvalue weighted by Gasteiger charge is -2.19. The summed E-state index contributed by atoms with van der Waals surface area (Å²) in [5.74, 6) is -0.186. The normalized spacial score (nSPS) is 20.2. The Kier molecular flexibility index (Phi) is 5.14. The van der Waals surface area contributed by atoms with Crippen LogP contribution in [0.2, 0.25) is 5.02 Å². The van der Waals surface area contributed by atoms with Gasteiger partial charge in [-0.3, -0.25) is 4.79 Å². The van der Waals surface area contributed by atoms with E-state index in [1.54, 1.807) is 0 Å². The lowest BCUT2D eigenvalue weighted by Crippen LogP contribution is -2.38. The summed E-state index contributed by atoms with van der Waals surface area (Å²) >= 11 is 5.96. The lowest BCUT2D eigenvalue weighted by molar-refractivity contribution is 0.0922. The number of carbonyl (C=O) groups excluding carboxylic acids is 1. The van der Waals surface area contributed by atoms with E-state index in [9.17, 15) is 13.2 Å². The predicted molar refractivity (Wildman–Crippen MR) is 80.3 cm³/mol. The van der Waals surface area contributed by atoms with E-state index in [4.69, 9.17) is 27.0 Å². The van der Waals surface area contributed by atoms with Gasteiger partial charge in [-0.25, -0.2) is 8.42 Å². The van der Waals surface area contributed by atoms with E-state index in [1.807, 2.05) is 6.92 Å². The van der Waals surface area contributed by atoms with Crippen LogP contribution in [0.5, 0.6) is 0 Å². The zero-order valence-corrected chi connectivity index (χ0v) is 13.6. The fraction of sp³-hybridized carbons (Fsp3) is 0.462. The zero-order valence-electron chi connectivity index (χ0n) is 11.3. The fourth-order valence-electron chi connectivity index (χ4n) is 2.18. The van der Waals surface area contributed by atoms with Crippen LogP contribution in [-0.2, 0) is 13.8 Å². The van der Waals surface area contributed by atoms with E-state index < -0.39 is 15.0 Å². The molecule has 0 aromatic heterocycles. The summed E-state index contributed by atoms with van der Waals surface area (Å²) < 4.78 is 27.9. The summed E-state index contributed by atoms with van der Waals surface area (Å²) in [6, 6.07) is 3.69. The molecule has 5 nitrogen and oxygen atoms in total. The number of rotatable bonds is 4. The van der Waals surface area contributed by atoms with Gasteiger partial charge in [-0.2, -0.15) is 0 Å². The van der Waals surface area contributed by atoms with Crippen LogP contribution >= 0.6 is 22.3 Å². The van der Waals surface area contributed by atoms with E-state index >= 15 is 0 Å². The second kappa shape index (κ2) is 6.52. The van der Waals surface area contributed by atoms with Gasteiger partial charge in [-0.15, -0.1) is 0 Å². The molecular weight excluding hydrogens is 337 g/mol. The van der Waals surface area contributed by atoms with Gasteiger partial charge in [0.25, 0.3) is 15.0 Å². The highest BCUT2D eigenvalue weighted by molar-refractivity contribution is 8.13. The molecule has 1 aliphatic rings. The molecule has 0 aliphatic carbocycles. The first kappa shape index (κ1) is 16.5. The molecular formula is C13H15Cl2NO4S. The van der Waals surface area contributed by atoms with Gasteiger partial charge in [0, 0.05) is 29.2 Å². The molecule has 1 aliphatic heterocycles. The molecule has 1 fully saturated rings. The highest BCUT2D eigenvalue weighted by Crippen LogP contribution is 2.23. The third kappa shape index (κ3) is 4.10. The SMILES string of the molecule is CC(NC(=O)c1cc(S(=O)(=O)Cl)ccc1Cl)C1CCOC1. The topological polar surface area (TPSA) is 72.5 Å². The number of amides is 1. The largest absolute Gasteiger partial charge is 0.381 e. The number of carbonyl (C=O) groups is 1. The van der Waals surface area contributed by atoms with Crippen molar-refractivity contribution in [2.24, 2.45) is 5.92 Å². The molecule has 0 saturated carbocycles. The van der Waals surface area contributed by atoms with E-state index in [0.29, 0.717) is 13.2 Å². The zero-order chi connectivity index (χ0) is 15.6. The summed E-state index contributed by atoms with van der Waals surface area (Å²) in [6.07, 6.45) is 0.880. The number of benzene rings is 1. The van der Waals surface area contributed by atoms with Gasteiger partial charge in [0.05, 0.1) is 22.1 Å². The molecule has 0 spiro atoms. The van der Waals surface area contributed by atoms with Gasteiger partial charge in [0.15, 0.2) is 0 Å². The Morgan fingerprint density at radius 2 is 2.19 bits per heavy atom. The third-order valence-corrected chi connectivity index (χ3v) is 5.18. The molecule has 21 heavy (non-hydrogen) atoms. The number of halogens is 2. The van der Waals surface area contributed by atoms with Crippen molar-refractivity contribution >= 4 is 37.2 Å². The molecule has 1 saturated heterocycles. The van der Waals surface area contributed by atoms with Crippen LogP contribution in [0.15, 0.2) is 23.1 Å². The monoisotopic (exact) mass is 351 g/mol. The summed E-state index contributed by atoms with van der Waals surface area (Å²) in [4.78, 5) is 12.1. The van der Waals surface area contributed by atoms with E-state index in [0.717, 1.165) is 6.42 Å². The maximum Gasteiger partial charge on any atom is 0.261 e. The van der Waals surface area contributed by atoms with Gasteiger partial charge in [0.1, 0.15) is 0 Å². The Bertz CT molecular complexity index is 642. The number of ether oxygens (including phenoxy) is 1. The average molecular weight is 352 g/mol. The minimum atomic E-state index is -3.91. The number of hydrogen-bond acceptors (Lipinski definition) is 4. The van der Waals surface area contributed by atoms with Gasteiger partial charge < -0.3 is 10.1 Å². The fourth-order valence-corrected chi connectivity index (χ4v) is 3.16. The van der Waals surface area contributed by atoms with Crippen LogP contribution in [0, 0.1) is 5.92 Å². The number of nitrogens with one attached hydrogen (secondary N) is 1. The van der Waals surface area contributed by atoms with Gasteiger partial charge in [0.2, 0.25) is 0 Å². The maximum atomic E-state index is 12.2. The van der Waals surface area contributed by atoms with Crippen LogP contribution < -0.4 is 5.32 Å². The third-order valence-electron chi connectivity index (χ3n) is 3.49. The second-order valence-corrected chi connectivity index (χ2v) is 7.94. The average Bonchev–Trinajstić information content (AvgIpc) is 2.91. The molecule has 1 amide bonds. The Morgan fingerprint density at radius 1 is 1.48 bits per heavy atom. The summed E-state index contributed by atoms with van der Waals surface area (Å²) in [5, 5.41) is 2.99. The van der Waals surface area contributed by atoms with Crippen molar-refractivity contribution in [3.8, 4) is 0 Å².